The second kappa shape index (κ2) is 6.47. The number of fused-ring (bicyclic) bond motifs is 1. The molecular weight excluding hydrogens is 319 g/mol. The first-order valence-electron chi connectivity index (χ1n) is 7.85. The van der Waals surface area contributed by atoms with Crippen molar-refractivity contribution in [2.75, 3.05) is 13.2 Å². The van der Waals surface area contributed by atoms with E-state index in [4.69, 9.17) is 4.74 Å². The van der Waals surface area contributed by atoms with E-state index < -0.39 is 12.8 Å². The Hall–Kier alpha value is -2.02. The van der Waals surface area contributed by atoms with Crippen molar-refractivity contribution < 1.29 is 17.9 Å². The molecule has 0 bridgehead atoms. The molecule has 7 heteroatoms. The van der Waals surface area contributed by atoms with Gasteiger partial charge in [0.15, 0.2) is 6.61 Å². The molecule has 0 unspecified atom stereocenters. The maximum atomic E-state index is 12.1. The van der Waals surface area contributed by atoms with Gasteiger partial charge in [-0.3, -0.25) is 4.90 Å². The molecule has 0 amide bonds. The van der Waals surface area contributed by atoms with E-state index in [1.54, 1.807) is 12.1 Å². The minimum absolute atomic E-state index is 0.233. The molecule has 130 valence electrons. The van der Waals surface area contributed by atoms with Crippen LogP contribution in [0.3, 0.4) is 0 Å². The van der Waals surface area contributed by atoms with E-state index in [1.807, 2.05) is 19.1 Å². The normalized spacial score (nSPS) is 15.4. The standard InChI is InChI=1S/C17H20F3N3O/c1-12-13(2)23-8-7-22(10-16(23)21-12)9-14-3-5-15(6-4-14)24-11-17(18,19)20/h3-6H,7-11H2,1-2H3. The van der Waals surface area contributed by atoms with Crippen LogP contribution in [0.15, 0.2) is 24.3 Å². The van der Waals surface area contributed by atoms with Gasteiger partial charge in [-0.25, -0.2) is 4.98 Å². The van der Waals surface area contributed by atoms with E-state index in [-0.39, 0.29) is 5.75 Å². The van der Waals surface area contributed by atoms with Crippen LogP contribution >= 0.6 is 0 Å². The number of ether oxygens (including phenoxy) is 1. The first kappa shape index (κ1) is 16.8. The summed E-state index contributed by atoms with van der Waals surface area (Å²) in [4.78, 5) is 6.88. The predicted octanol–water partition coefficient (Wildman–Crippen LogP) is 3.46. The molecule has 1 aromatic carbocycles. The maximum absolute atomic E-state index is 12.1. The quantitative estimate of drug-likeness (QED) is 0.855. The summed E-state index contributed by atoms with van der Waals surface area (Å²) in [6.45, 7) is 6.20. The molecule has 0 aliphatic carbocycles. The van der Waals surface area contributed by atoms with Gasteiger partial charge in [-0.1, -0.05) is 12.1 Å². The number of halogens is 3. The number of hydrogen-bond donors (Lipinski definition) is 0. The number of hydrogen-bond acceptors (Lipinski definition) is 3. The molecule has 1 aliphatic rings. The highest BCUT2D eigenvalue weighted by atomic mass is 19.4. The third-order valence-electron chi connectivity index (χ3n) is 4.27. The Balaban J connectivity index is 1.59. The summed E-state index contributed by atoms with van der Waals surface area (Å²) in [6.07, 6.45) is -4.31. The fraction of sp³-hybridized carbons (Fsp3) is 0.471. The highest BCUT2D eigenvalue weighted by Crippen LogP contribution is 2.21. The van der Waals surface area contributed by atoms with Crippen molar-refractivity contribution in [2.24, 2.45) is 0 Å². The lowest BCUT2D eigenvalue weighted by Crippen LogP contribution is -2.33. The van der Waals surface area contributed by atoms with Crippen molar-refractivity contribution in [1.29, 1.82) is 0 Å². The third kappa shape index (κ3) is 3.90. The molecule has 4 nitrogen and oxygen atoms in total. The van der Waals surface area contributed by atoms with E-state index in [1.165, 1.54) is 5.69 Å². The van der Waals surface area contributed by atoms with Crippen LogP contribution in [-0.4, -0.2) is 33.8 Å². The molecular formula is C17H20F3N3O. The van der Waals surface area contributed by atoms with Crippen LogP contribution in [0.1, 0.15) is 22.8 Å². The lowest BCUT2D eigenvalue weighted by Gasteiger charge is -2.28. The lowest BCUT2D eigenvalue weighted by atomic mass is 10.2. The van der Waals surface area contributed by atoms with E-state index in [9.17, 15) is 13.2 Å². The SMILES string of the molecule is Cc1nc2n(c1C)CCN(Cc1ccc(OCC(F)(F)F)cc1)C2. The fourth-order valence-electron chi connectivity index (χ4n) is 2.91. The Morgan fingerprint density at radius 1 is 1.12 bits per heavy atom. The van der Waals surface area contributed by atoms with Gasteiger partial charge < -0.3 is 9.30 Å². The smallest absolute Gasteiger partial charge is 0.422 e. The van der Waals surface area contributed by atoms with Gasteiger partial charge in [0.1, 0.15) is 11.6 Å². The zero-order valence-electron chi connectivity index (χ0n) is 13.7. The van der Waals surface area contributed by atoms with E-state index >= 15 is 0 Å². The second-order valence-corrected chi connectivity index (χ2v) is 6.11. The molecule has 1 aromatic heterocycles. The van der Waals surface area contributed by atoms with Crippen LogP contribution in [0.2, 0.25) is 0 Å². The number of imidazole rings is 1. The maximum Gasteiger partial charge on any atom is 0.422 e. The Morgan fingerprint density at radius 3 is 2.50 bits per heavy atom. The number of aryl methyl sites for hydroxylation is 1. The molecule has 2 aromatic rings. The number of aromatic nitrogens is 2. The first-order valence-corrected chi connectivity index (χ1v) is 7.85. The van der Waals surface area contributed by atoms with Gasteiger partial charge in [0, 0.05) is 25.3 Å². The largest absolute Gasteiger partial charge is 0.484 e. The molecule has 0 atom stereocenters. The van der Waals surface area contributed by atoms with Crippen LogP contribution in [0.25, 0.3) is 0 Å². The first-order chi connectivity index (χ1) is 11.3. The summed E-state index contributed by atoms with van der Waals surface area (Å²) in [5, 5.41) is 0. The number of benzene rings is 1. The van der Waals surface area contributed by atoms with E-state index in [0.29, 0.717) is 0 Å². The van der Waals surface area contributed by atoms with Gasteiger partial charge in [-0.15, -0.1) is 0 Å². The van der Waals surface area contributed by atoms with Crippen molar-refractivity contribution in [3.63, 3.8) is 0 Å². The van der Waals surface area contributed by atoms with Crippen LogP contribution in [-0.2, 0) is 19.6 Å². The minimum Gasteiger partial charge on any atom is -0.484 e. The van der Waals surface area contributed by atoms with Gasteiger partial charge >= 0.3 is 6.18 Å². The van der Waals surface area contributed by atoms with Crippen molar-refractivity contribution in [3.8, 4) is 5.75 Å². The summed E-state index contributed by atoms with van der Waals surface area (Å²) >= 11 is 0. The predicted molar refractivity (Wildman–Crippen MR) is 83.8 cm³/mol. The lowest BCUT2D eigenvalue weighted by molar-refractivity contribution is -0.153. The zero-order valence-corrected chi connectivity index (χ0v) is 13.7. The monoisotopic (exact) mass is 339 g/mol. The Kier molecular flexibility index (Phi) is 4.54. The van der Waals surface area contributed by atoms with Gasteiger partial charge in [0.2, 0.25) is 0 Å². The Labute approximate surface area is 138 Å². The molecule has 0 N–H and O–H groups in total. The molecule has 1 aliphatic heterocycles. The topological polar surface area (TPSA) is 30.3 Å². The zero-order chi connectivity index (χ0) is 17.3. The molecule has 3 rings (SSSR count). The molecule has 0 spiro atoms. The van der Waals surface area contributed by atoms with Gasteiger partial charge in [-0.2, -0.15) is 13.2 Å². The van der Waals surface area contributed by atoms with E-state index in [2.05, 4.69) is 21.4 Å². The number of rotatable bonds is 4. The van der Waals surface area contributed by atoms with Crippen LogP contribution in [0.5, 0.6) is 5.75 Å². The van der Waals surface area contributed by atoms with Crippen molar-refractivity contribution in [2.45, 2.75) is 39.7 Å². The van der Waals surface area contributed by atoms with E-state index in [0.717, 1.165) is 43.3 Å². The molecule has 0 saturated heterocycles. The fourth-order valence-corrected chi connectivity index (χ4v) is 2.91. The highest BCUT2D eigenvalue weighted by molar-refractivity contribution is 5.27. The third-order valence-corrected chi connectivity index (χ3v) is 4.27. The van der Waals surface area contributed by atoms with Crippen molar-refractivity contribution in [3.05, 3.63) is 47.0 Å². The molecule has 0 radical (unpaired) electrons. The average Bonchev–Trinajstić information content (AvgIpc) is 2.80. The van der Waals surface area contributed by atoms with Gasteiger partial charge in [0.25, 0.3) is 0 Å². The summed E-state index contributed by atoms with van der Waals surface area (Å²) in [5.74, 6) is 1.30. The van der Waals surface area contributed by atoms with Crippen LogP contribution < -0.4 is 4.74 Å². The minimum atomic E-state index is -4.31. The van der Waals surface area contributed by atoms with Crippen LogP contribution in [0, 0.1) is 13.8 Å². The summed E-state index contributed by atoms with van der Waals surface area (Å²) in [7, 11) is 0. The van der Waals surface area contributed by atoms with Gasteiger partial charge in [-0.05, 0) is 31.5 Å². The summed E-state index contributed by atoms with van der Waals surface area (Å²) in [6, 6.07) is 6.78. The number of nitrogens with zero attached hydrogens (tertiary/aromatic N) is 3. The highest BCUT2D eigenvalue weighted by Gasteiger charge is 2.28. The molecule has 2 heterocycles. The van der Waals surface area contributed by atoms with Crippen molar-refractivity contribution in [1.82, 2.24) is 14.5 Å². The molecule has 0 fully saturated rings. The molecule has 24 heavy (non-hydrogen) atoms. The van der Waals surface area contributed by atoms with Gasteiger partial charge in [0.05, 0.1) is 12.2 Å². The summed E-state index contributed by atoms with van der Waals surface area (Å²) < 4.78 is 43.4. The molecule has 0 saturated carbocycles. The van der Waals surface area contributed by atoms with Crippen LogP contribution in [0.4, 0.5) is 13.2 Å². The van der Waals surface area contributed by atoms with Crippen molar-refractivity contribution >= 4 is 0 Å². The number of alkyl halides is 3. The second-order valence-electron chi connectivity index (χ2n) is 6.11. The average molecular weight is 339 g/mol. The Bertz CT molecular complexity index is 707. The summed E-state index contributed by atoms with van der Waals surface area (Å²) in [5.41, 5.74) is 3.33. The Morgan fingerprint density at radius 2 is 1.83 bits per heavy atom.